The van der Waals surface area contributed by atoms with Crippen molar-refractivity contribution in [1.29, 1.82) is 0 Å². The van der Waals surface area contributed by atoms with E-state index in [4.69, 9.17) is 4.74 Å². The highest BCUT2D eigenvalue weighted by Crippen LogP contribution is 2.21. The first-order valence-corrected chi connectivity index (χ1v) is 4.39. The van der Waals surface area contributed by atoms with Crippen molar-refractivity contribution in [2.75, 3.05) is 13.2 Å². The fourth-order valence-electron chi connectivity index (χ4n) is 1.46. The van der Waals surface area contributed by atoms with Crippen molar-refractivity contribution < 1.29 is 14.3 Å². The summed E-state index contributed by atoms with van der Waals surface area (Å²) in [5.74, 6) is -0.296. The van der Waals surface area contributed by atoms with Gasteiger partial charge in [0.2, 0.25) is 0 Å². The third-order valence-electron chi connectivity index (χ3n) is 2.14. The van der Waals surface area contributed by atoms with Crippen molar-refractivity contribution in [3.8, 4) is 0 Å². The molecule has 0 spiro atoms. The molecule has 0 N–H and O–H groups in total. The summed E-state index contributed by atoms with van der Waals surface area (Å²) in [6.45, 7) is 2.48. The zero-order valence-electron chi connectivity index (χ0n) is 7.34. The van der Waals surface area contributed by atoms with Crippen LogP contribution in [0.25, 0.3) is 0 Å². The molecular weight excluding hydrogens is 156 g/mol. The molecule has 1 saturated carbocycles. The van der Waals surface area contributed by atoms with E-state index in [0.717, 1.165) is 12.8 Å². The van der Waals surface area contributed by atoms with Gasteiger partial charge in [-0.1, -0.05) is 0 Å². The molecule has 0 aromatic rings. The highest BCUT2D eigenvalue weighted by molar-refractivity contribution is 6.04. The minimum Gasteiger partial charge on any atom is -0.374 e. The second-order valence-corrected chi connectivity index (χ2v) is 3.01. The number of hydrogen-bond donors (Lipinski definition) is 0. The molecule has 0 radical (unpaired) electrons. The van der Waals surface area contributed by atoms with Gasteiger partial charge in [-0.15, -0.1) is 0 Å². The van der Waals surface area contributed by atoms with Crippen molar-refractivity contribution in [3.63, 3.8) is 0 Å². The first-order chi connectivity index (χ1) is 5.75. The van der Waals surface area contributed by atoms with Crippen LogP contribution in [0.5, 0.6) is 0 Å². The third-order valence-corrected chi connectivity index (χ3v) is 2.14. The molecule has 1 fully saturated rings. The van der Waals surface area contributed by atoms with Gasteiger partial charge in [-0.2, -0.15) is 0 Å². The monoisotopic (exact) mass is 170 g/mol. The van der Waals surface area contributed by atoms with E-state index in [-0.39, 0.29) is 24.1 Å². The smallest absolute Gasteiger partial charge is 0.168 e. The number of hydrogen-bond acceptors (Lipinski definition) is 3. The van der Waals surface area contributed by atoms with Gasteiger partial charge in [0.15, 0.2) is 5.78 Å². The zero-order valence-corrected chi connectivity index (χ0v) is 7.34. The second kappa shape index (κ2) is 4.36. The van der Waals surface area contributed by atoms with Crippen LogP contribution < -0.4 is 0 Å². The van der Waals surface area contributed by atoms with E-state index in [1.165, 1.54) is 0 Å². The van der Waals surface area contributed by atoms with Gasteiger partial charge >= 0.3 is 0 Å². The van der Waals surface area contributed by atoms with E-state index in [0.29, 0.717) is 13.0 Å². The molecule has 68 valence electrons. The average Bonchev–Trinajstić information content (AvgIpc) is 2.47. The first kappa shape index (κ1) is 9.39. The van der Waals surface area contributed by atoms with Crippen LogP contribution in [0.1, 0.15) is 26.2 Å². The summed E-state index contributed by atoms with van der Waals surface area (Å²) in [5.41, 5.74) is 0. The van der Waals surface area contributed by atoms with Crippen LogP contribution in [0.3, 0.4) is 0 Å². The molecule has 0 aromatic heterocycles. The maximum absolute atomic E-state index is 11.3. The number of carbonyl (C=O) groups excluding carboxylic acids is 2. The predicted octanol–water partition coefficient (Wildman–Crippen LogP) is 0.961. The average molecular weight is 170 g/mol. The number of ether oxygens (including phenoxy) is 1. The van der Waals surface area contributed by atoms with E-state index < -0.39 is 0 Å². The van der Waals surface area contributed by atoms with Gasteiger partial charge in [0.25, 0.3) is 0 Å². The van der Waals surface area contributed by atoms with Gasteiger partial charge in [-0.25, -0.2) is 0 Å². The number of Topliss-reactive ketones (excluding diaryl/α,β-unsaturated/α-hetero) is 2. The normalized spacial score (nSPS) is 23.1. The van der Waals surface area contributed by atoms with Crippen LogP contribution in [0, 0.1) is 5.92 Å². The molecular formula is C9H14O3. The fourth-order valence-corrected chi connectivity index (χ4v) is 1.46. The molecule has 0 bridgehead atoms. The minimum atomic E-state index is -0.350. The molecule has 1 rings (SSSR count). The molecule has 1 unspecified atom stereocenters. The van der Waals surface area contributed by atoms with Crippen LogP contribution in [-0.2, 0) is 14.3 Å². The van der Waals surface area contributed by atoms with Gasteiger partial charge in [-0.05, 0) is 19.8 Å². The van der Waals surface area contributed by atoms with Crippen molar-refractivity contribution in [1.82, 2.24) is 0 Å². The van der Waals surface area contributed by atoms with Crippen LogP contribution in [0.2, 0.25) is 0 Å². The maximum Gasteiger partial charge on any atom is 0.168 e. The first-order valence-electron chi connectivity index (χ1n) is 4.39. The Balaban J connectivity index is 2.36. The topological polar surface area (TPSA) is 43.4 Å². The molecule has 0 aromatic carbocycles. The molecule has 3 heteroatoms. The SMILES string of the molecule is CCOCC(=O)C1CCCC1=O. The van der Waals surface area contributed by atoms with Crippen molar-refractivity contribution >= 4 is 11.6 Å². The van der Waals surface area contributed by atoms with Crippen LogP contribution >= 0.6 is 0 Å². The Hall–Kier alpha value is -0.700. The van der Waals surface area contributed by atoms with Crippen molar-refractivity contribution in [3.05, 3.63) is 0 Å². The summed E-state index contributed by atoms with van der Waals surface area (Å²) >= 11 is 0. The molecule has 0 heterocycles. The Morgan fingerprint density at radius 1 is 1.67 bits per heavy atom. The molecule has 3 nitrogen and oxygen atoms in total. The summed E-state index contributed by atoms with van der Waals surface area (Å²) in [4.78, 5) is 22.4. The van der Waals surface area contributed by atoms with Crippen LogP contribution in [-0.4, -0.2) is 24.8 Å². The number of ketones is 2. The maximum atomic E-state index is 11.3. The molecule has 0 aliphatic heterocycles. The second-order valence-electron chi connectivity index (χ2n) is 3.01. The summed E-state index contributed by atoms with van der Waals surface area (Å²) in [6.07, 6.45) is 2.16. The summed E-state index contributed by atoms with van der Waals surface area (Å²) < 4.78 is 4.95. The largest absolute Gasteiger partial charge is 0.374 e. The molecule has 1 aliphatic carbocycles. The predicted molar refractivity (Wildman–Crippen MR) is 43.8 cm³/mol. The Kier molecular flexibility index (Phi) is 3.41. The highest BCUT2D eigenvalue weighted by atomic mass is 16.5. The lowest BCUT2D eigenvalue weighted by atomic mass is 10.0. The number of rotatable bonds is 4. The molecule has 12 heavy (non-hydrogen) atoms. The van der Waals surface area contributed by atoms with E-state index in [2.05, 4.69) is 0 Å². The van der Waals surface area contributed by atoms with Crippen LogP contribution in [0.4, 0.5) is 0 Å². The number of carbonyl (C=O) groups is 2. The quantitative estimate of drug-likeness (QED) is 0.590. The van der Waals surface area contributed by atoms with Crippen molar-refractivity contribution in [2.24, 2.45) is 5.92 Å². The van der Waals surface area contributed by atoms with E-state index in [1.54, 1.807) is 0 Å². The zero-order chi connectivity index (χ0) is 8.97. The lowest BCUT2D eigenvalue weighted by Crippen LogP contribution is -2.23. The van der Waals surface area contributed by atoms with Gasteiger partial charge < -0.3 is 4.74 Å². The summed E-state index contributed by atoms with van der Waals surface area (Å²) in [7, 11) is 0. The molecule has 1 aliphatic rings. The van der Waals surface area contributed by atoms with Gasteiger partial charge in [0.05, 0.1) is 5.92 Å². The minimum absolute atomic E-state index is 0.0423. The molecule has 0 saturated heterocycles. The lowest BCUT2D eigenvalue weighted by Gasteiger charge is -2.05. The van der Waals surface area contributed by atoms with E-state index in [9.17, 15) is 9.59 Å². The summed E-state index contributed by atoms with van der Waals surface area (Å²) in [5, 5.41) is 0. The Labute approximate surface area is 72.1 Å². The van der Waals surface area contributed by atoms with Gasteiger partial charge in [-0.3, -0.25) is 9.59 Å². The standard InChI is InChI=1S/C9H14O3/c1-2-12-6-9(11)7-4-3-5-8(7)10/h7H,2-6H2,1H3. The molecule has 1 atom stereocenters. The Bertz CT molecular complexity index is 186. The Morgan fingerprint density at radius 2 is 2.42 bits per heavy atom. The van der Waals surface area contributed by atoms with Gasteiger partial charge in [0.1, 0.15) is 12.4 Å². The third kappa shape index (κ3) is 2.14. The Morgan fingerprint density at radius 3 is 2.92 bits per heavy atom. The summed E-state index contributed by atoms with van der Waals surface area (Å²) in [6, 6.07) is 0. The molecule has 0 amide bonds. The van der Waals surface area contributed by atoms with Crippen molar-refractivity contribution in [2.45, 2.75) is 26.2 Å². The van der Waals surface area contributed by atoms with E-state index >= 15 is 0 Å². The lowest BCUT2D eigenvalue weighted by molar-refractivity contribution is -0.133. The van der Waals surface area contributed by atoms with Gasteiger partial charge in [0, 0.05) is 13.0 Å². The van der Waals surface area contributed by atoms with E-state index in [1.807, 2.05) is 6.92 Å². The van der Waals surface area contributed by atoms with Crippen LogP contribution in [0.15, 0.2) is 0 Å². The highest BCUT2D eigenvalue weighted by Gasteiger charge is 2.30. The fraction of sp³-hybridized carbons (Fsp3) is 0.778.